The van der Waals surface area contributed by atoms with Crippen molar-refractivity contribution in [1.29, 1.82) is 0 Å². The first-order chi connectivity index (χ1) is 12.7. The van der Waals surface area contributed by atoms with Gasteiger partial charge < -0.3 is 4.74 Å². The lowest BCUT2D eigenvalue weighted by Crippen LogP contribution is -2.38. The third-order valence-corrected chi connectivity index (χ3v) is 6.01. The second-order valence-corrected chi connectivity index (χ2v) is 8.34. The van der Waals surface area contributed by atoms with Crippen LogP contribution in [0.2, 0.25) is 0 Å². The van der Waals surface area contributed by atoms with Crippen LogP contribution in [0.5, 0.6) is 0 Å². The van der Waals surface area contributed by atoms with Gasteiger partial charge in [0.15, 0.2) is 5.13 Å². The number of anilines is 1. The summed E-state index contributed by atoms with van der Waals surface area (Å²) in [4.78, 5) is 19.6. The molecular formula is C20H19BrN2O2S. The molecule has 26 heavy (non-hydrogen) atoms. The number of benzene rings is 2. The Kier molecular flexibility index (Phi) is 5.33. The molecule has 1 saturated heterocycles. The molecular weight excluding hydrogens is 412 g/mol. The number of fused-ring (bicyclic) bond motifs is 1. The maximum Gasteiger partial charge on any atom is 0.233 e. The Morgan fingerprint density at radius 2 is 2.12 bits per heavy atom. The molecule has 6 heteroatoms. The van der Waals surface area contributed by atoms with Crippen LogP contribution in [-0.4, -0.2) is 30.1 Å². The summed E-state index contributed by atoms with van der Waals surface area (Å²) in [5, 5.41) is 0.745. The van der Waals surface area contributed by atoms with Gasteiger partial charge in [-0.05, 0) is 36.6 Å². The fraction of sp³-hybridized carbons (Fsp3) is 0.300. The van der Waals surface area contributed by atoms with E-state index in [0.29, 0.717) is 13.0 Å². The second-order valence-electron chi connectivity index (χ2n) is 6.41. The van der Waals surface area contributed by atoms with Crippen LogP contribution < -0.4 is 4.90 Å². The second kappa shape index (κ2) is 7.86. The van der Waals surface area contributed by atoms with Gasteiger partial charge >= 0.3 is 0 Å². The number of carbonyl (C=O) groups is 1. The molecule has 3 aromatic rings. The molecule has 0 N–H and O–H groups in total. The molecule has 1 aliphatic rings. The Morgan fingerprint density at radius 1 is 1.27 bits per heavy atom. The first kappa shape index (κ1) is 17.6. The van der Waals surface area contributed by atoms with Crippen molar-refractivity contribution in [3.05, 3.63) is 58.6 Å². The zero-order valence-electron chi connectivity index (χ0n) is 14.2. The van der Waals surface area contributed by atoms with Crippen molar-refractivity contribution in [2.45, 2.75) is 25.4 Å². The lowest BCUT2D eigenvalue weighted by Gasteiger charge is -2.23. The van der Waals surface area contributed by atoms with Crippen molar-refractivity contribution >= 4 is 48.5 Å². The van der Waals surface area contributed by atoms with Crippen molar-refractivity contribution in [3.63, 3.8) is 0 Å². The molecule has 134 valence electrons. The van der Waals surface area contributed by atoms with Gasteiger partial charge in [0, 0.05) is 11.1 Å². The van der Waals surface area contributed by atoms with Crippen molar-refractivity contribution in [2.75, 3.05) is 18.1 Å². The van der Waals surface area contributed by atoms with Gasteiger partial charge in [-0.25, -0.2) is 4.98 Å². The van der Waals surface area contributed by atoms with E-state index in [9.17, 15) is 4.79 Å². The smallest absolute Gasteiger partial charge is 0.233 e. The summed E-state index contributed by atoms with van der Waals surface area (Å²) in [6.45, 7) is 1.34. The molecule has 0 saturated carbocycles. The molecule has 1 unspecified atom stereocenters. The highest BCUT2D eigenvalue weighted by Gasteiger charge is 2.26. The largest absolute Gasteiger partial charge is 0.376 e. The Bertz CT molecular complexity index is 907. The number of hydrogen-bond acceptors (Lipinski definition) is 4. The number of ether oxygens (including phenoxy) is 1. The fourth-order valence-electron chi connectivity index (χ4n) is 3.15. The molecule has 1 fully saturated rings. The average molecular weight is 431 g/mol. The summed E-state index contributed by atoms with van der Waals surface area (Å²) in [5.74, 6) is 0.0600. The number of aromatic nitrogens is 1. The molecule has 4 rings (SSSR count). The molecule has 0 radical (unpaired) electrons. The number of carbonyl (C=O) groups excluding carboxylic acids is 1. The summed E-state index contributed by atoms with van der Waals surface area (Å²) < 4.78 is 7.86. The van der Waals surface area contributed by atoms with Gasteiger partial charge in [0.1, 0.15) is 0 Å². The number of thiazole rings is 1. The number of halogens is 1. The van der Waals surface area contributed by atoms with Crippen LogP contribution in [0.15, 0.2) is 53.0 Å². The van der Waals surface area contributed by atoms with E-state index < -0.39 is 0 Å². The van der Waals surface area contributed by atoms with Crippen LogP contribution in [0.25, 0.3) is 10.2 Å². The summed E-state index contributed by atoms with van der Waals surface area (Å²) >= 11 is 5.05. The third kappa shape index (κ3) is 3.98. The minimum atomic E-state index is 0.0600. The first-order valence-corrected chi connectivity index (χ1v) is 10.3. The molecule has 1 amide bonds. The number of nitrogens with zero attached hydrogens (tertiary/aromatic N) is 2. The summed E-state index contributed by atoms with van der Waals surface area (Å²) in [6.07, 6.45) is 2.50. The Hall–Kier alpha value is -1.76. The predicted molar refractivity (Wildman–Crippen MR) is 109 cm³/mol. The quantitative estimate of drug-likeness (QED) is 0.582. The predicted octanol–water partition coefficient (Wildman–Crippen LogP) is 4.81. The maximum absolute atomic E-state index is 13.1. The zero-order valence-corrected chi connectivity index (χ0v) is 16.6. The van der Waals surface area contributed by atoms with E-state index >= 15 is 0 Å². The van der Waals surface area contributed by atoms with Gasteiger partial charge in [-0.1, -0.05) is 57.6 Å². The van der Waals surface area contributed by atoms with E-state index in [4.69, 9.17) is 9.72 Å². The summed E-state index contributed by atoms with van der Waals surface area (Å²) in [7, 11) is 0. The highest BCUT2D eigenvalue weighted by atomic mass is 79.9. The number of rotatable bonds is 5. The van der Waals surface area contributed by atoms with E-state index in [2.05, 4.69) is 15.9 Å². The van der Waals surface area contributed by atoms with Gasteiger partial charge in [-0.15, -0.1) is 0 Å². The van der Waals surface area contributed by atoms with Crippen LogP contribution in [0.3, 0.4) is 0 Å². The molecule has 1 atom stereocenters. The summed E-state index contributed by atoms with van der Waals surface area (Å²) in [5.41, 5.74) is 1.93. The van der Waals surface area contributed by atoms with Crippen LogP contribution in [-0.2, 0) is 16.0 Å². The highest BCUT2D eigenvalue weighted by molar-refractivity contribution is 9.10. The van der Waals surface area contributed by atoms with E-state index in [-0.39, 0.29) is 12.0 Å². The zero-order chi connectivity index (χ0) is 17.9. The van der Waals surface area contributed by atoms with Crippen LogP contribution in [0.1, 0.15) is 18.4 Å². The Balaban J connectivity index is 1.63. The van der Waals surface area contributed by atoms with Crippen molar-refractivity contribution in [2.24, 2.45) is 0 Å². The molecule has 0 aliphatic carbocycles. The standard InChI is InChI=1S/C20H19BrN2O2S/c21-15-8-9-17-18(12-15)26-20(22-17)23(13-16-7-4-10-25-16)19(24)11-14-5-2-1-3-6-14/h1-3,5-6,8-9,12,16H,4,7,10-11,13H2. The average Bonchev–Trinajstić information content (AvgIpc) is 3.29. The minimum Gasteiger partial charge on any atom is -0.376 e. The van der Waals surface area contributed by atoms with Crippen molar-refractivity contribution in [3.8, 4) is 0 Å². The molecule has 4 nitrogen and oxygen atoms in total. The number of hydrogen-bond donors (Lipinski definition) is 0. The van der Waals surface area contributed by atoms with Crippen molar-refractivity contribution < 1.29 is 9.53 Å². The van der Waals surface area contributed by atoms with Gasteiger partial charge in [0.2, 0.25) is 5.91 Å². The van der Waals surface area contributed by atoms with Gasteiger partial charge in [0.05, 0.1) is 29.3 Å². The molecule has 2 aromatic carbocycles. The molecule has 2 heterocycles. The van der Waals surface area contributed by atoms with E-state index in [1.54, 1.807) is 11.3 Å². The summed E-state index contributed by atoms with van der Waals surface area (Å²) in [6, 6.07) is 15.8. The number of amides is 1. The minimum absolute atomic E-state index is 0.0600. The van der Waals surface area contributed by atoms with Crippen LogP contribution in [0.4, 0.5) is 5.13 Å². The fourth-order valence-corrected chi connectivity index (χ4v) is 4.69. The topological polar surface area (TPSA) is 42.4 Å². The lowest BCUT2D eigenvalue weighted by atomic mass is 10.1. The molecule has 0 spiro atoms. The van der Waals surface area contributed by atoms with Gasteiger partial charge in [-0.2, -0.15) is 0 Å². The van der Waals surface area contributed by atoms with Gasteiger partial charge in [-0.3, -0.25) is 9.69 Å². The molecule has 1 aromatic heterocycles. The van der Waals surface area contributed by atoms with E-state index in [1.165, 1.54) is 0 Å². The van der Waals surface area contributed by atoms with E-state index in [1.807, 2.05) is 53.4 Å². The van der Waals surface area contributed by atoms with Gasteiger partial charge in [0.25, 0.3) is 0 Å². The lowest BCUT2D eigenvalue weighted by molar-refractivity contribution is -0.118. The highest BCUT2D eigenvalue weighted by Crippen LogP contribution is 2.32. The third-order valence-electron chi connectivity index (χ3n) is 4.48. The Labute approximate surface area is 164 Å². The monoisotopic (exact) mass is 430 g/mol. The SMILES string of the molecule is O=C(Cc1ccccc1)N(CC1CCCO1)c1nc2ccc(Br)cc2s1. The first-order valence-electron chi connectivity index (χ1n) is 8.71. The van der Waals surface area contributed by atoms with Crippen LogP contribution in [0, 0.1) is 0 Å². The maximum atomic E-state index is 13.1. The van der Waals surface area contributed by atoms with E-state index in [0.717, 1.165) is 44.8 Å². The van der Waals surface area contributed by atoms with Crippen LogP contribution >= 0.6 is 27.3 Å². The normalized spacial score (nSPS) is 16.9. The molecule has 0 bridgehead atoms. The van der Waals surface area contributed by atoms with Crippen molar-refractivity contribution in [1.82, 2.24) is 4.98 Å². The Morgan fingerprint density at radius 3 is 2.88 bits per heavy atom. The molecule has 1 aliphatic heterocycles.